The van der Waals surface area contributed by atoms with Crippen molar-refractivity contribution in [1.82, 2.24) is 4.90 Å². The average Bonchev–Trinajstić information content (AvgIpc) is 3.07. The van der Waals surface area contributed by atoms with Gasteiger partial charge in [0.05, 0.1) is 19.8 Å². The minimum Gasteiger partial charge on any atom is -0.497 e. The van der Waals surface area contributed by atoms with Gasteiger partial charge in [-0.1, -0.05) is 13.0 Å². The van der Waals surface area contributed by atoms with E-state index in [2.05, 4.69) is 13.0 Å². The van der Waals surface area contributed by atoms with E-state index < -0.39 is 11.6 Å². The van der Waals surface area contributed by atoms with Crippen molar-refractivity contribution in [1.29, 1.82) is 0 Å². The first kappa shape index (κ1) is 17.3. The summed E-state index contributed by atoms with van der Waals surface area (Å²) in [6, 6.07) is 5.44. The molecule has 1 aromatic rings. The summed E-state index contributed by atoms with van der Waals surface area (Å²) in [6.07, 6.45) is 1.74. The van der Waals surface area contributed by atoms with Gasteiger partial charge in [-0.25, -0.2) is 4.79 Å². The number of nitrogens with zero attached hydrogens (tertiary/aromatic N) is 1. The summed E-state index contributed by atoms with van der Waals surface area (Å²) in [7, 11) is 3.02. The number of rotatable bonds is 3. The number of hydrogen-bond donors (Lipinski definition) is 1. The molecule has 6 nitrogen and oxygen atoms in total. The van der Waals surface area contributed by atoms with E-state index >= 15 is 0 Å². The summed E-state index contributed by atoms with van der Waals surface area (Å²) < 4.78 is 10.4. The standard InChI is InChI=1S/C20H26N2O4/c1-11-9-20-15-5-4-13(25-2)6-12(15)7-17(19(24)26-3)22(20)18(23)8-16(20)14(11)10-21/h4-6,11,14,16-17H,7-10,21H2,1-3H3/t11-,14+,16?,17-,20?/m0/s1. The lowest BCUT2D eigenvalue weighted by Crippen LogP contribution is -2.57. The SMILES string of the molecule is COC(=O)[C@@H]1Cc2cc(OC)ccc2C23C[C@H](C)[C@@H](CN)C2CC(=O)N13. The second-order valence-corrected chi connectivity index (χ2v) is 7.85. The third-order valence-electron chi connectivity index (χ3n) is 6.84. The molecule has 0 radical (unpaired) electrons. The van der Waals surface area contributed by atoms with Crippen molar-refractivity contribution in [2.24, 2.45) is 23.5 Å². The Hall–Kier alpha value is -2.08. The average molecular weight is 358 g/mol. The van der Waals surface area contributed by atoms with Crippen LogP contribution in [0.2, 0.25) is 0 Å². The fourth-order valence-electron chi connectivity index (χ4n) is 5.85. The quantitative estimate of drug-likeness (QED) is 0.827. The molecule has 26 heavy (non-hydrogen) atoms. The zero-order chi connectivity index (χ0) is 18.6. The summed E-state index contributed by atoms with van der Waals surface area (Å²) >= 11 is 0. The van der Waals surface area contributed by atoms with Crippen molar-refractivity contribution in [2.75, 3.05) is 20.8 Å². The molecule has 1 saturated heterocycles. The predicted octanol–water partition coefficient (Wildman–Crippen LogP) is 1.45. The van der Waals surface area contributed by atoms with Gasteiger partial charge >= 0.3 is 5.97 Å². The molecule has 2 aliphatic heterocycles. The van der Waals surface area contributed by atoms with E-state index in [9.17, 15) is 9.59 Å². The molecule has 2 unspecified atom stereocenters. The van der Waals surface area contributed by atoms with Crippen LogP contribution < -0.4 is 10.5 Å². The monoisotopic (exact) mass is 358 g/mol. The maximum atomic E-state index is 13.0. The number of esters is 1. The first-order chi connectivity index (χ1) is 12.5. The Kier molecular flexibility index (Phi) is 3.99. The summed E-state index contributed by atoms with van der Waals surface area (Å²) in [6.45, 7) is 2.77. The molecule has 2 fully saturated rings. The van der Waals surface area contributed by atoms with Crippen LogP contribution >= 0.6 is 0 Å². The van der Waals surface area contributed by atoms with Gasteiger partial charge in [-0.2, -0.15) is 0 Å². The summed E-state index contributed by atoms with van der Waals surface area (Å²) in [5, 5.41) is 0. The predicted molar refractivity (Wildman–Crippen MR) is 95.5 cm³/mol. The Morgan fingerprint density at radius 3 is 2.77 bits per heavy atom. The van der Waals surface area contributed by atoms with Crippen molar-refractivity contribution in [3.8, 4) is 5.75 Å². The van der Waals surface area contributed by atoms with Crippen LogP contribution in [0, 0.1) is 17.8 Å². The summed E-state index contributed by atoms with van der Waals surface area (Å²) in [5.74, 6) is 1.25. The molecule has 1 aromatic carbocycles. The highest BCUT2D eigenvalue weighted by Crippen LogP contribution is 2.61. The highest BCUT2D eigenvalue weighted by molar-refractivity contribution is 5.89. The van der Waals surface area contributed by atoms with Gasteiger partial charge in [-0.05, 0) is 54.0 Å². The molecular formula is C20H26N2O4. The van der Waals surface area contributed by atoms with Crippen molar-refractivity contribution in [2.45, 2.75) is 37.8 Å². The van der Waals surface area contributed by atoms with Gasteiger partial charge in [0.25, 0.3) is 0 Å². The largest absolute Gasteiger partial charge is 0.497 e. The Labute approximate surface area is 153 Å². The highest BCUT2D eigenvalue weighted by Gasteiger charge is 2.65. The zero-order valence-electron chi connectivity index (χ0n) is 15.5. The molecule has 3 aliphatic rings. The number of amides is 1. The van der Waals surface area contributed by atoms with Crippen LogP contribution in [0.5, 0.6) is 5.75 Å². The van der Waals surface area contributed by atoms with E-state index in [4.69, 9.17) is 15.2 Å². The van der Waals surface area contributed by atoms with E-state index in [-0.39, 0.29) is 23.7 Å². The van der Waals surface area contributed by atoms with Crippen molar-refractivity contribution in [3.05, 3.63) is 29.3 Å². The molecule has 140 valence electrons. The molecule has 2 N–H and O–H groups in total. The molecule has 1 amide bonds. The maximum absolute atomic E-state index is 13.0. The van der Waals surface area contributed by atoms with E-state index in [0.717, 1.165) is 23.3 Å². The van der Waals surface area contributed by atoms with Gasteiger partial charge in [0.1, 0.15) is 11.8 Å². The number of nitrogens with two attached hydrogens (primary N) is 1. The van der Waals surface area contributed by atoms with Gasteiger partial charge in [0.2, 0.25) is 5.91 Å². The molecular weight excluding hydrogens is 332 g/mol. The number of methoxy groups -OCH3 is 2. The number of carbonyl (C=O) groups is 2. The molecule has 1 aliphatic carbocycles. The molecule has 4 rings (SSSR count). The summed E-state index contributed by atoms with van der Waals surface area (Å²) in [5.41, 5.74) is 7.85. The Morgan fingerprint density at radius 1 is 1.35 bits per heavy atom. The first-order valence-electron chi connectivity index (χ1n) is 9.25. The lowest BCUT2D eigenvalue weighted by Gasteiger charge is -2.48. The van der Waals surface area contributed by atoms with Gasteiger partial charge in [0.15, 0.2) is 0 Å². The van der Waals surface area contributed by atoms with Gasteiger partial charge in [-0.3, -0.25) is 4.79 Å². The second kappa shape index (κ2) is 5.98. The van der Waals surface area contributed by atoms with E-state index in [1.807, 2.05) is 17.0 Å². The molecule has 1 spiro atoms. The van der Waals surface area contributed by atoms with Crippen LogP contribution in [-0.4, -0.2) is 43.6 Å². The lowest BCUT2D eigenvalue weighted by molar-refractivity contribution is -0.156. The van der Waals surface area contributed by atoms with E-state index in [0.29, 0.717) is 25.3 Å². The van der Waals surface area contributed by atoms with Gasteiger partial charge < -0.3 is 20.1 Å². The maximum Gasteiger partial charge on any atom is 0.328 e. The zero-order valence-corrected chi connectivity index (χ0v) is 15.5. The van der Waals surface area contributed by atoms with Crippen molar-refractivity contribution in [3.63, 3.8) is 0 Å². The number of benzene rings is 1. The molecule has 2 heterocycles. The molecule has 0 bridgehead atoms. The third kappa shape index (κ3) is 2.08. The molecule has 6 heteroatoms. The van der Waals surface area contributed by atoms with Crippen LogP contribution in [0.15, 0.2) is 18.2 Å². The first-order valence-corrected chi connectivity index (χ1v) is 9.25. The minimum atomic E-state index is -0.583. The van der Waals surface area contributed by atoms with Crippen molar-refractivity contribution < 1.29 is 19.1 Å². The fraction of sp³-hybridized carbons (Fsp3) is 0.600. The Balaban J connectivity index is 1.93. The number of hydrogen-bond acceptors (Lipinski definition) is 5. The minimum absolute atomic E-state index is 0.0391. The van der Waals surface area contributed by atoms with Crippen LogP contribution in [0.4, 0.5) is 0 Å². The van der Waals surface area contributed by atoms with Crippen LogP contribution in [0.1, 0.15) is 30.9 Å². The van der Waals surface area contributed by atoms with E-state index in [1.54, 1.807) is 7.11 Å². The number of carbonyl (C=O) groups excluding carboxylic acids is 2. The lowest BCUT2D eigenvalue weighted by atomic mass is 9.72. The second-order valence-electron chi connectivity index (χ2n) is 7.85. The van der Waals surface area contributed by atoms with Crippen LogP contribution in [0.25, 0.3) is 0 Å². The topological polar surface area (TPSA) is 81.9 Å². The summed E-state index contributed by atoms with van der Waals surface area (Å²) in [4.78, 5) is 27.4. The fourth-order valence-corrected chi connectivity index (χ4v) is 5.85. The van der Waals surface area contributed by atoms with Crippen molar-refractivity contribution >= 4 is 11.9 Å². The molecule has 0 aromatic heterocycles. The smallest absolute Gasteiger partial charge is 0.328 e. The number of ether oxygens (including phenoxy) is 2. The Morgan fingerprint density at radius 2 is 2.12 bits per heavy atom. The molecule has 5 atom stereocenters. The van der Waals surface area contributed by atoms with Gasteiger partial charge in [0, 0.05) is 12.8 Å². The normalized spacial score (nSPS) is 34.9. The van der Waals surface area contributed by atoms with E-state index in [1.165, 1.54) is 7.11 Å². The van der Waals surface area contributed by atoms with Gasteiger partial charge in [-0.15, -0.1) is 0 Å². The molecule has 1 saturated carbocycles. The highest BCUT2D eigenvalue weighted by atomic mass is 16.5. The Bertz CT molecular complexity index is 764. The number of fused-ring (bicyclic) bond motifs is 1. The van der Waals surface area contributed by atoms with Crippen LogP contribution in [-0.2, 0) is 26.3 Å². The van der Waals surface area contributed by atoms with Crippen LogP contribution in [0.3, 0.4) is 0 Å². The third-order valence-corrected chi connectivity index (χ3v) is 6.84.